The van der Waals surface area contributed by atoms with E-state index in [2.05, 4.69) is 0 Å². The zero-order valence-electron chi connectivity index (χ0n) is 8.53. The van der Waals surface area contributed by atoms with Gasteiger partial charge in [-0.05, 0) is 24.7 Å². The van der Waals surface area contributed by atoms with Gasteiger partial charge in [-0.25, -0.2) is 0 Å². The van der Waals surface area contributed by atoms with Crippen LogP contribution in [0.2, 0.25) is 0 Å². The molecule has 0 fully saturated rings. The molecule has 0 radical (unpaired) electrons. The summed E-state index contributed by atoms with van der Waals surface area (Å²) >= 11 is 1.15. The van der Waals surface area contributed by atoms with Crippen molar-refractivity contribution in [1.82, 2.24) is 0 Å². The Hall–Kier alpha value is -1.09. The minimum atomic E-state index is -0.421. The van der Waals surface area contributed by atoms with Crippen molar-refractivity contribution >= 4 is 22.7 Å². The highest BCUT2D eigenvalue weighted by Crippen LogP contribution is 2.28. The first-order valence-corrected chi connectivity index (χ1v) is 6.16. The highest BCUT2D eigenvalue weighted by molar-refractivity contribution is 8.13. The lowest BCUT2D eigenvalue weighted by Crippen LogP contribution is -2.27. The van der Waals surface area contributed by atoms with E-state index in [1.165, 1.54) is 0 Å². The number of carbonyl (C=O) groups excluding carboxylic acids is 2. The van der Waals surface area contributed by atoms with E-state index in [4.69, 9.17) is 0 Å². The van der Waals surface area contributed by atoms with E-state index >= 15 is 0 Å². The van der Waals surface area contributed by atoms with Gasteiger partial charge in [0.15, 0.2) is 10.9 Å². The van der Waals surface area contributed by atoms with Gasteiger partial charge in [0.05, 0.1) is 5.92 Å². The van der Waals surface area contributed by atoms with Gasteiger partial charge in [-0.15, -0.1) is 0 Å². The summed E-state index contributed by atoms with van der Waals surface area (Å²) in [4.78, 5) is 23.5. The number of benzene rings is 1. The van der Waals surface area contributed by atoms with E-state index < -0.39 is 5.92 Å². The van der Waals surface area contributed by atoms with E-state index in [0.29, 0.717) is 6.42 Å². The molecule has 1 unspecified atom stereocenters. The number of Topliss-reactive ketones (excluding diaryl/α,β-unsaturated/α-hetero) is 1. The van der Waals surface area contributed by atoms with E-state index in [0.717, 1.165) is 29.3 Å². The molecule has 0 aromatic heterocycles. The van der Waals surface area contributed by atoms with Crippen molar-refractivity contribution in [2.75, 3.05) is 6.26 Å². The molecule has 2 nitrogen and oxygen atoms in total. The van der Waals surface area contributed by atoms with Gasteiger partial charge in [0.1, 0.15) is 0 Å². The highest BCUT2D eigenvalue weighted by Gasteiger charge is 2.31. The molecular formula is C12H12O2S. The first kappa shape index (κ1) is 10.4. The Kier molecular flexibility index (Phi) is 2.91. The largest absolute Gasteiger partial charge is 0.293 e. The normalized spacial score (nSPS) is 19.8. The molecule has 3 heteroatoms. The quantitative estimate of drug-likeness (QED) is 0.681. The minimum Gasteiger partial charge on any atom is -0.293 e. The summed E-state index contributed by atoms with van der Waals surface area (Å²) < 4.78 is 0. The second-order valence-electron chi connectivity index (χ2n) is 3.64. The summed E-state index contributed by atoms with van der Waals surface area (Å²) in [6.45, 7) is 0. The van der Waals surface area contributed by atoms with Crippen LogP contribution in [0.4, 0.5) is 0 Å². The van der Waals surface area contributed by atoms with Crippen LogP contribution in [0, 0.1) is 5.92 Å². The first-order valence-electron chi connectivity index (χ1n) is 4.94. The van der Waals surface area contributed by atoms with Crippen molar-refractivity contribution in [3.05, 3.63) is 35.4 Å². The van der Waals surface area contributed by atoms with Crippen LogP contribution in [-0.2, 0) is 11.2 Å². The van der Waals surface area contributed by atoms with Gasteiger partial charge in [0, 0.05) is 5.56 Å². The molecule has 78 valence electrons. The van der Waals surface area contributed by atoms with E-state index in [1.807, 2.05) is 24.3 Å². The van der Waals surface area contributed by atoms with Crippen molar-refractivity contribution in [3.8, 4) is 0 Å². The average molecular weight is 220 g/mol. The lowest BCUT2D eigenvalue weighted by Gasteiger charge is -2.21. The van der Waals surface area contributed by atoms with Crippen LogP contribution < -0.4 is 0 Å². The number of hydrogen-bond donors (Lipinski definition) is 0. The predicted molar refractivity (Wildman–Crippen MR) is 61.1 cm³/mol. The van der Waals surface area contributed by atoms with Crippen LogP contribution in [-0.4, -0.2) is 17.2 Å². The Morgan fingerprint density at radius 1 is 1.40 bits per heavy atom. The van der Waals surface area contributed by atoms with Crippen LogP contribution in [0.25, 0.3) is 0 Å². The molecule has 0 bridgehead atoms. The van der Waals surface area contributed by atoms with Crippen molar-refractivity contribution in [1.29, 1.82) is 0 Å². The number of aryl methyl sites for hydroxylation is 1. The summed E-state index contributed by atoms with van der Waals surface area (Å²) in [5.74, 6) is -0.425. The molecule has 1 aliphatic carbocycles. The van der Waals surface area contributed by atoms with Gasteiger partial charge in [0.25, 0.3) is 0 Å². The molecule has 1 atom stereocenters. The summed E-state index contributed by atoms with van der Waals surface area (Å²) in [6.07, 6.45) is 3.23. The fourth-order valence-corrected chi connectivity index (χ4v) is 2.47. The number of rotatable bonds is 1. The maximum atomic E-state index is 12.0. The molecule has 0 saturated carbocycles. The maximum absolute atomic E-state index is 12.0. The second-order valence-corrected chi connectivity index (χ2v) is 4.45. The molecule has 0 amide bonds. The topological polar surface area (TPSA) is 34.1 Å². The third-order valence-corrected chi connectivity index (χ3v) is 3.47. The fourth-order valence-electron chi connectivity index (χ4n) is 1.96. The molecule has 0 aliphatic heterocycles. The Bertz CT molecular complexity index is 412. The van der Waals surface area contributed by atoms with Gasteiger partial charge < -0.3 is 0 Å². The molecule has 15 heavy (non-hydrogen) atoms. The van der Waals surface area contributed by atoms with Crippen LogP contribution in [0.15, 0.2) is 24.3 Å². The lowest BCUT2D eigenvalue weighted by atomic mass is 9.83. The van der Waals surface area contributed by atoms with Gasteiger partial charge >= 0.3 is 0 Å². The average Bonchev–Trinajstić information content (AvgIpc) is 2.29. The Morgan fingerprint density at radius 2 is 2.13 bits per heavy atom. The van der Waals surface area contributed by atoms with Gasteiger partial charge in [-0.2, -0.15) is 0 Å². The molecule has 1 aliphatic rings. The zero-order valence-corrected chi connectivity index (χ0v) is 9.34. The minimum absolute atomic E-state index is 0.00352. The molecular weight excluding hydrogens is 208 g/mol. The summed E-state index contributed by atoms with van der Waals surface area (Å²) in [6, 6.07) is 7.57. The highest BCUT2D eigenvalue weighted by atomic mass is 32.2. The molecule has 1 aromatic rings. The van der Waals surface area contributed by atoms with Crippen LogP contribution >= 0.6 is 11.8 Å². The molecule has 2 rings (SSSR count). The summed E-state index contributed by atoms with van der Waals surface area (Å²) in [5, 5.41) is -0.00509. The van der Waals surface area contributed by atoms with Crippen LogP contribution in [0.5, 0.6) is 0 Å². The van der Waals surface area contributed by atoms with E-state index in [9.17, 15) is 9.59 Å². The van der Waals surface area contributed by atoms with Gasteiger partial charge in [-0.1, -0.05) is 36.0 Å². The number of carbonyl (C=O) groups is 2. The third-order valence-electron chi connectivity index (χ3n) is 2.79. The van der Waals surface area contributed by atoms with Gasteiger partial charge in [0.2, 0.25) is 0 Å². The standard InChI is InChI=1S/C12H12O2S/c1-15-12(14)10-7-6-8-4-2-3-5-9(8)11(10)13/h2-5,10H,6-7H2,1H3. The Balaban J connectivity index is 2.34. The summed E-state index contributed by atoms with van der Waals surface area (Å²) in [7, 11) is 0. The SMILES string of the molecule is CSC(=O)C1CCc2ccccc2C1=O. The molecule has 0 saturated heterocycles. The summed E-state index contributed by atoms with van der Waals surface area (Å²) in [5.41, 5.74) is 1.81. The number of hydrogen-bond acceptors (Lipinski definition) is 3. The number of ketones is 1. The van der Waals surface area contributed by atoms with Gasteiger partial charge in [-0.3, -0.25) is 9.59 Å². The monoisotopic (exact) mass is 220 g/mol. The number of fused-ring (bicyclic) bond motifs is 1. The van der Waals surface area contributed by atoms with Crippen molar-refractivity contribution < 1.29 is 9.59 Å². The van der Waals surface area contributed by atoms with Crippen LogP contribution in [0.1, 0.15) is 22.3 Å². The smallest absolute Gasteiger partial charge is 0.199 e. The van der Waals surface area contributed by atoms with E-state index in [1.54, 1.807) is 6.26 Å². The second kappa shape index (κ2) is 4.19. The molecule has 1 aromatic carbocycles. The van der Waals surface area contributed by atoms with E-state index in [-0.39, 0.29) is 10.9 Å². The zero-order chi connectivity index (χ0) is 10.8. The predicted octanol–water partition coefficient (Wildman–Crippen LogP) is 2.32. The molecule has 0 N–H and O–H groups in total. The van der Waals surface area contributed by atoms with Crippen LogP contribution in [0.3, 0.4) is 0 Å². The Labute approximate surface area is 93.1 Å². The first-order chi connectivity index (χ1) is 7.24. The van der Waals surface area contributed by atoms with Crippen molar-refractivity contribution in [2.24, 2.45) is 5.92 Å². The maximum Gasteiger partial charge on any atom is 0.199 e. The third kappa shape index (κ3) is 1.84. The van der Waals surface area contributed by atoms with Crippen molar-refractivity contribution in [3.63, 3.8) is 0 Å². The fraction of sp³-hybridized carbons (Fsp3) is 0.333. The molecule has 0 heterocycles. The number of thioether (sulfide) groups is 1. The lowest BCUT2D eigenvalue weighted by molar-refractivity contribution is -0.113. The molecule has 0 spiro atoms. The van der Waals surface area contributed by atoms with Crippen molar-refractivity contribution in [2.45, 2.75) is 12.8 Å². The Morgan fingerprint density at radius 3 is 2.87 bits per heavy atom.